The van der Waals surface area contributed by atoms with Crippen LogP contribution in [0, 0.1) is 0 Å². The van der Waals surface area contributed by atoms with Crippen LogP contribution in [0.1, 0.15) is 52.9 Å². The van der Waals surface area contributed by atoms with Crippen LogP contribution in [0.25, 0.3) is 22.8 Å². The quantitative estimate of drug-likeness (QED) is 0.555. The van der Waals surface area contributed by atoms with Crippen molar-refractivity contribution in [1.29, 1.82) is 0 Å². The number of nitrogens with zero attached hydrogens (tertiary/aromatic N) is 3. The van der Waals surface area contributed by atoms with E-state index in [1.807, 2.05) is 41.2 Å². The fraction of sp³-hybridized carbons (Fsp3) is 0.333. The number of pyridine rings is 1. The van der Waals surface area contributed by atoms with Crippen LogP contribution >= 0.6 is 11.6 Å². The summed E-state index contributed by atoms with van der Waals surface area (Å²) in [5.41, 5.74) is 3.50. The molecular formula is C24H29ClN4. The third kappa shape index (κ3) is 5.07. The topological polar surface area (TPSA) is 42.7 Å². The second-order valence-electron chi connectivity index (χ2n) is 9.33. The van der Waals surface area contributed by atoms with Gasteiger partial charge in [0.15, 0.2) is 0 Å². The third-order valence-electron chi connectivity index (χ3n) is 4.38. The summed E-state index contributed by atoms with van der Waals surface area (Å²) in [6.45, 7) is 17.1. The fourth-order valence-electron chi connectivity index (χ4n) is 3.15. The van der Waals surface area contributed by atoms with Gasteiger partial charge < -0.3 is 5.32 Å². The van der Waals surface area contributed by atoms with Crippen molar-refractivity contribution in [1.82, 2.24) is 19.9 Å². The number of hydrogen-bond donors (Lipinski definition) is 1. The number of hydrogen-bond acceptors (Lipinski definition) is 3. The molecule has 0 saturated heterocycles. The number of aromatic nitrogens is 3. The van der Waals surface area contributed by atoms with E-state index in [9.17, 15) is 0 Å². The lowest BCUT2D eigenvalue weighted by molar-refractivity contribution is 0.502. The molecule has 4 nitrogen and oxygen atoms in total. The highest BCUT2D eigenvalue weighted by Gasteiger charge is 2.22. The molecular weight excluding hydrogens is 380 g/mol. The van der Waals surface area contributed by atoms with Crippen LogP contribution < -0.4 is 5.32 Å². The fourth-order valence-corrected chi connectivity index (χ4v) is 3.28. The zero-order valence-corrected chi connectivity index (χ0v) is 18.8. The SMILES string of the molecule is C=C(NC(C)(C)C)c1cc(-c2ccc(Cl)cc2)nc(-n2ccnc2C(C)(C)C)c1. The van der Waals surface area contributed by atoms with Crippen molar-refractivity contribution in [2.24, 2.45) is 0 Å². The molecule has 1 N–H and O–H groups in total. The molecule has 0 bridgehead atoms. The van der Waals surface area contributed by atoms with Gasteiger partial charge >= 0.3 is 0 Å². The maximum Gasteiger partial charge on any atom is 0.139 e. The Balaban J connectivity index is 2.17. The van der Waals surface area contributed by atoms with E-state index in [-0.39, 0.29) is 11.0 Å². The molecule has 0 aliphatic heterocycles. The van der Waals surface area contributed by atoms with Crippen molar-refractivity contribution in [2.45, 2.75) is 52.5 Å². The summed E-state index contributed by atoms with van der Waals surface area (Å²) >= 11 is 6.08. The van der Waals surface area contributed by atoms with Crippen molar-refractivity contribution in [3.8, 4) is 17.1 Å². The maximum atomic E-state index is 6.08. The van der Waals surface area contributed by atoms with E-state index in [1.165, 1.54) is 0 Å². The van der Waals surface area contributed by atoms with Crippen LogP contribution in [-0.4, -0.2) is 20.1 Å². The zero-order valence-electron chi connectivity index (χ0n) is 18.0. The van der Waals surface area contributed by atoms with Crippen molar-refractivity contribution in [3.63, 3.8) is 0 Å². The largest absolute Gasteiger partial charge is 0.380 e. The van der Waals surface area contributed by atoms with E-state index >= 15 is 0 Å². The molecule has 0 aliphatic rings. The molecule has 2 heterocycles. The van der Waals surface area contributed by atoms with Gasteiger partial charge in [0.2, 0.25) is 0 Å². The summed E-state index contributed by atoms with van der Waals surface area (Å²) in [6.07, 6.45) is 3.78. The monoisotopic (exact) mass is 408 g/mol. The van der Waals surface area contributed by atoms with Gasteiger partial charge in [-0.3, -0.25) is 4.57 Å². The lowest BCUT2D eigenvalue weighted by atomic mass is 9.95. The van der Waals surface area contributed by atoms with Crippen LogP contribution in [0.3, 0.4) is 0 Å². The predicted molar refractivity (Wildman–Crippen MR) is 122 cm³/mol. The Bertz CT molecular complexity index is 1020. The summed E-state index contributed by atoms with van der Waals surface area (Å²) in [6, 6.07) is 11.8. The minimum atomic E-state index is -0.109. The Morgan fingerprint density at radius 3 is 2.28 bits per heavy atom. The highest BCUT2D eigenvalue weighted by molar-refractivity contribution is 6.30. The molecule has 0 amide bonds. The Labute approximate surface area is 178 Å². The second kappa shape index (κ2) is 7.68. The number of benzene rings is 1. The van der Waals surface area contributed by atoms with Gasteiger partial charge in [0.05, 0.1) is 5.69 Å². The van der Waals surface area contributed by atoms with Crippen molar-refractivity contribution in [2.75, 3.05) is 0 Å². The standard InChI is InChI=1S/C24H29ClN4/c1-16(28-24(5,6)7)18-14-20(17-8-10-19(25)11-9-17)27-21(15-18)29-13-12-26-22(29)23(2,3)4/h8-15,28H,1H2,2-7H3. The molecule has 152 valence electrons. The van der Waals surface area contributed by atoms with Crippen molar-refractivity contribution < 1.29 is 0 Å². The summed E-state index contributed by atoms with van der Waals surface area (Å²) in [4.78, 5) is 9.52. The molecule has 0 fully saturated rings. The molecule has 3 aromatic rings. The summed E-state index contributed by atoms with van der Waals surface area (Å²) in [7, 11) is 0. The van der Waals surface area contributed by atoms with Gasteiger partial charge in [-0.1, -0.05) is 51.1 Å². The van der Waals surface area contributed by atoms with Gasteiger partial charge in [0.25, 0.3) is 0 Å². The summed E-state index contributed by atoms with van der Waals surface area (Å²) < 4.78 is 2.05. The van der Waals surface area contributed by atoms with Gasteiger partial charge in [0, 0.05) is 45.2 Å². The van der Waals surface area contributed by atoms with Gasteiger partial charge in [-0.15, -0.1) is 0 Å². The van der Waals surface area contributed by atoms with Crippen LogP contribution in [-0.2, 0) is 5.41 Å². The molecule has 0 atom stereocenters. The van der Waals surface area contributed by atoms with E-state index in [1.54, 1.807) is 0 Å². The van der Waals surface area contributed by atoms with Gasteiger partial charge in [0.1, 0.15) is 11.6 Å². The minimum Gasteiger partial charge on any atom is -0.380 e. The first-order valence-electron chi connectivity index (χ1n) is 9.74. The molecule has 3 rings (SSSR count). The Morgan fingerprint density at radius 1 is 1.03 bits per heavy atom. The van der Waals surface area contributed by atoms with E-state index in [4.69, 9.17) is 16.6 Å². The Morgan fingerprint density at radius 2 is 1.69 bits per heavy atom. The average Bonchev–Trinajstić information content (AvgIpc) is 3.11. The van der Waals surface area contributed by atoms with E-state index in [0.29, 0.717) is 5.02 Å². The van der Waals surface area contributed by atoms with Crippen molar-refractivity contribution in [3.05, 3.63) is 71.8 Å². The van der Waals surface area contributed by atoms with Gasteiger partial charge in [-0.2, -0.15) is 0 Å². The van der Waals surface area contributed by atoms with Crippen LogP contribution in [0.5, 0.6) is 0 Å². The van der Waals surface area contributed by atoms with Gasteiger partial charge in [-0.05, 0) is 45.0 Å². The normalized spacial score (nSPS) is 12.1. The molecule has 29 heavy (non-hydrogen) atoms. The predicted octanol–water partition coefficient (Wildman–Crippen LogP) is 6.24. The zero-order chi connectivity index (χ0) is 21.4. The molecule has 0 radical (unpaired) electrons. The van der Waals surface area contributed by atoms with Crippen LogP contribution in [0.2, 0.25) is 5.02 Å². The van der Waals surface area contributed by atoms with Crippen molar-refractivity contribution >= 4 is 17.3 Å². The molecule has 0 unspecified atom stereocenters. The first-order valence-corrected chi connectivity index (χ1v) is 10.1. The minimum absolute atomic E-state index is 0.0907. The van der Waals surface area contributed by atoms with E-state index in [0.717, 1.165) is 34.2 Å². The second-order valence-corrected chi connectivity index (χ2v) is 9.77. The Kier molecular flexibility index (Phi) is 5.59. The number of nitrogens with one attached hydrogen (secondary N) is 1. The summed E-state index contributed by atoms with van der Waals surface area (Å²) in [5, 5.41) is 4.17. The average molecular weight is 409 g/mol. The lowest BCUT2D eigenvalue weighted by Gasteiger charge is -2.25. The van der Waals surface area contributed by atoms with Crippen LogP contribution in [0.4, 0.5) is 0 Å². The molecule has 1 aromatic carbocycles. The van der Waals surface area contributed by atoms with Crippen LogP contribution in [0.15, 0.2) is 55.4 Å². The molecule has 2 aromatic heterocycles. The number of halogens is 1. The molecule has 0 saturated carbocycles. The first kappa shape index (κ1) is 21.1. The third-order valence-corrected chi connectivity index (χ3v) is 4.64. The summed E-state index contributed by atoms with van der Waals surface area (Å²) in [5.74, 6) is 1.77. The van der Waals surface area contributed by atoms with E-state index < -0.39 is 0 Å². The number of imidazole rings is 1. The lowest BCUT2D eigenvalue weighted by Crippen LogP contribution is -2.34. The maximum absolute atomic E-state index is 6.08. The highest BCUT2D eigenvalue weighted by atomic mass is 35.5. The first-order chi connectivity index (χ1) is 13.4. The Hall–Kier alpha value is -2.59. The highest BCUT2D eigenvalue weighted by Crippen LogP contribution is 2.28. The molecule has 0 aliphatic carbocycles. The smallest absolute Gasteiger partial charge is 0.139 e. The molecule has 0 spiro atoms. The number of rotatable bonds is 4. The van der Waals surface area contributed by atoms with E-state index in [2.05, 4.69) is 70.6 Å². The molecule has 5 heteroatoms. The van der Waals surface area contributed by atoms with Gasteiger partial charge in [-0.25, -0.2) is 9.97 Å².